The lowest BCUT2D eigenvalue weighted by atomic mass is 10.1. The molecule has 0 aliphatic carbocycles. The fourth-order valence-corrected chi connectivity index (χ4v) is 3.05. The first-order valence-corrected chi connectivity index (χ1v) is 8.91. The summed E-state index contributed by atoms with van der Waals surface area (Å²) in [5, 5.41) is 22.1. The number of anilines is 1. The summed E-state index contributed by atoms with van der Waals surface area (Å²) in [5.74, 6) is -0.618. The van der Waals surface area contributed by atoms with E-state index in [0.717, 1.165) is 5.39 Å². The quantitative estimate of drug-likeness (QED) is 0.461. The number of aromatic nitrogens is 1. The van der Waals surface area contributed by atoms with E-state index in [-0.39, 0.29) is 12.1 Å². The van der Waals surface area contributed by atoms with Crippen molar-refractivity contribution in [3.8, 4) is 17.6 Å². The fraction of sp³-hybridized carbons (Fsp3) is 0.136. The second-order valence-corrected chi connectivity index (χ2v) is 6.35. The SMILES string of the molecule is COc1cc(NC(=O)C(C#N)=Cc2cn(CC(=O)O)c3ccccc23)cc(OC)c1. The van der Waals surface area contributed by atoms with Crippen LogP contribution in [0.15, 0.2) is 54.2 Å². The molecule has 0 atom stereocenters. The normalized spacial score (nSPS) is 11.0. The van der Waals surface area contributed by atoms with Gasteiger partial charge >= 0.3 is 5.97 Å². The molecule has 8 nitrogen and oxygen atoms in total. The number of nitrogens with zero attached hydrogens (tertiary/aromatic N) is 2. The molecule has 0 spiro atoms. The van der Waals surface area contributed by atoms with E-state index in [1.807, 2.05) is 6.07 Å². The third kappa shape index (κ3) is 4.42. The number of methoxy groups -OCH3 is 2. The molecule has 30 heavy (non-hydrogen) atoms. The lowest BCUT2D eigenvalue weighted by Crippen LogP contribution is -2.13. The molecule has 1 heterocycles. The lowest BCUT2D eigenvalue weighted by molar-refractivity contribution is -0.137. The van der Waals surface area contributed by atoms with Crippen LogP contribution in [-0.4, -0.2) is 35.8 Å². The zero-order chi connectivity index (χ0) is 21.7. The average Bonchev–Trinajstić information content (AvgIpc) is 3.08. The minimum absolute atomic E-state index is 0.130. The number of carboxylic acid groups (broad SMARTS) is 1. The van der Waals surface area contributed by atoms with Gasteiger partial charge < -0.3 is 24.5 Å². The van der Waals surface area contributed by atoms with E-state index in [9.17, 15) is 14.9 Å². The predicted molar refractivity (Wildman–Crippen MR) is 111 cm³/mol. The highest BCUT2D eigenvalue weighted by Gasteiger charge is 2.14. The molecule has 1 aromatic heterocycles. The molecule has 0 saturated carbocycles. The largest absolute Gasteiger partial charge is 0.497 e. The predicted octanol–water partition coefficient (Wildman–Crippen LogP) is 3.29. The van der Waals surface area contributed by atoms with Crippen LogP contribution in [0.1, 0.15) is 5.56 Å². The molecule has 0 fully saturated rings. The van der Waals surface area contributed by atoms with Crippen LogP contribution >= 0.6 is 0 Å². The maximum atomic E-state index is 12.7. The second kappa shape index (κ2) is 8.84. The van der Waals surface area contributed by atoms with Gasteiger partial charge in [0.1, 0.15) is 29.7 Å². The number of fused-ring (bicyclic) bond motifs is 1. The molecule has 3 rings (SSSR count). The molecule has 1 amide bonds. The second-order valence-electron chi connectivity index (χ2n) is 6.35. The minimum atomic E-state index is -0.989. The third-order valence-corrected chi connectivity index (χ3v) is 4.40. The number of benzene rings is 2. The van der Waals surface area contributed by atoms with Gasteiger partial charge in [-0.3, -0.25) is 9.59 Å². The maximum absolute atomic E-state index is 12.7. The molecule has 0 bridgehead atoms. The van der Waals surface area contributed by atoms with E-state index < -0.39 is 11.9 Å². The number of hydrogen-bond donors (Lipinski definition) is 2. The Morgan fingerprint density at radius 2 is 1.83 bits per heavy atom. The number of para-hydroxylation sites is 1. The van der Waals surface area contributed by atoms with E-state index in [1.165, 1.54) is 20.3 Å². The van der Waals surface area contributed by atoms with Crippen LogP contribution in [0.5, 0.6) is 11.5 Å². The Morgan fingerprint density at radius 1 is 1.17 bits per heavy atom. The third-order valence-electron chi connectivity index (χ3n) is 4.40. The number of amides is 1. The van der Waals surface area contributed by atoms with Gasteiger partial charge in [0.2, 0.25) is 0 Å². The van der Waals surface area contributed by atoms with Crippen LogP contribution in [0.25, 0.3) is 17.0 Å². The Labute approximate surface area is 172 Å². The van der Waals surface area contributed by atoms with E-state index in [0.29, 0.717) is 28.3 Å². The molecule has 0 saturated heterocycles. The number of nitriles is 1. The van der Waals surface area contributed by atoms with Crippen LogP contribution in [-0.2, 0) is 16.1 Å². The molecule has 3 aromatic rings. The first kappa shape index (κ1) is 20.5. The number of hydrogen-bond acceptors (Lipinski definition) is 5. The summed E-state index contributed by atoms with van der Waals surface area (Å²) in [4.78, 5) is 23.8. The van der Waals surface area contributed by atoms with Gasteiger partial charge in [0.05, 0.1) is 14.2 Å². The van der Waals surface area contributed by atoms with Gasteiger partial charge in [0, 0.05) is 46.5 Å². The molecular weight excluding hydrogens is 386 g/mol. The zero-order valence-corrected chi connectivity index (χ0v) is 16.4. The Hall–Kier alpha value is -4.25. The smallest absolute Gasteiger partial charge is 0.323 e. The number of nitrogens with one attached hydrogen (secondary N) is 1. The van der Waals surface area contributed by atoms with E-state index >= 15 is 0 Å². The number of carboxylic acids is 1. The first-order chi connectivity index (χ1) is 14.4. The van der Waals surface area contributed by atoms with Crippen LogP contribution in [0.2, 0.25) is 0 Å². The molecule has 2 N–H and O–H groups in total. The van der Waals surface area contributed by atoms with Crippen LogP contribution in [0.4, 0.5) is 5.69 Å². The highest BCUT2D eigenvalue weighted by atomic mass is 16.5. The highest BCUT2D eigenvalue weighted by Crippen LogP contribution is 2.27. The van der Waals surface area contributed by atoms with Crippen molar-refractivity contribution in [2.75, 3.05) is 19.5 Å². The fourth-order valence-electron chi connectivity index (χ4n) is 3.05. The summed E-state index contributed by atoms with van der Waals surface area (Å²) < 4.78 is 11.9. The molecule has 0 aliphatic rings. The molecule has 0 radical (unpaired) electrons. The summed E-state index contributed by atoms with van der Waals surface area (Å²) in [6.07, 6.45) is 3.05. The van der Waals surface area contributed by atoms with Gasteiger partial charge in [0.15, 0.2) is 0 Å². The minimum Gasteiger partial charge on any atom is -0.497 e. The van der Waals surface area contributed by atoms with E-state index in [1.54, 1.807) is 53.2 Å². The summed E-state index contributed by atoms with van der Waals surface area (Å²) in [7, 11) is 2.99. The van der Waals surface area contributed by atoms with Crippen LogP contribution in [0, 0.1) is 11.3 Å². The van der Waals surface area contributed by atoms with Gasteiger partial charge in [-0.25, -0.2) is 0 Å². The molecule has 8 heteroatoms. The number of aliphatic carboxylic acids is 1. The van der Waals surface area contributed by atoms with Crippen molar-refractivity contribution >= 4 is 34.5 Å². The monoisotopic (exact) mass is 405 g/mol. The first-order valence-electron chi connectivity index (χ1n) is 8.91. The summed E-state index contributed by atoms with van der Waals surface area (Å²) >= 11 is 0. The topological polar surface area (TPSA) is 114 Å². The maximum Gasteiger partial charge on any atom is 0.323 e. The average molecular weight is 405 g/mol. The van der Waals surface area contributed by atoms with Crippen molar-refractivity contribution in [3.63, 3.8) is 0 Å². The summed E-state index contributed by atoms with van der Waals surface area (Å²) in [6, 6.07) is 14.0. The Bertz CT molecular complexity index is 1160. The molecule has 2 aromatic carbocycles. The molecular formula is C22H19N3O5. The zero-order valence-electron chi connectivity index (χ0n) is 16.4. The Kier molecular flexibility index (Phi) is 6.03. The van der Waals surface area contributed by atoms with Crippen molar-refractivity contribution < 1.29 is 24.2 Å². The van der Waals surface area contributed by atoms with Crippen molar-refractivity contribution in [1.82, 2.24) is 4.57 Å². The number of carbonyl (C=O) groups is 2. The van der Waals surface area contributed by atoms with E-state index in [4.69, 9.17) is 14.6 Å². The number of rotatable bonds is 7. The van der Waals surface area contributed by atoms with Crippen LogP contribution in [0.3, 0.4) is 0 Å². The number of carbonyl (C=O) groups excluding carboxylic acids is 1. The van der Waals surface area contributed by atoms with Crippen molar-refractivity contribution in [3.05, 3.63) is 59.8 Å². The van der Waals surface area contributed by atoms with Crippen LogP contribution < -0.4 is 14.8 Å². The van der Waals surface area contributed by atoms with Gasteiger partial charge in [-0.05, 0) is 12.1 Å². The summed E-state index contributed by atoms with van der Waals surface area (Å²) in [5.41, 5.74) is 1.55. The van der Waals surface area contributed by atoms with Crippen molar-refractivity contribution in [2.45, 2.75) is 6.54 Å². The lowest BCUT2D eigenvalue weighted by Gasteiger charge is -2.09. The van der Waals surface area contributed by atoms with E-state index in [2.05, 4.69) is 5.32 Å². The molecule has 0 unspecified atom stereocenters. The van der Waals surface area contributed by atoms with Gasteiger partial charge in [-0.15, -0.1) is 0 Å². The standard InChI is InChI=1S/C22H19N3O5/c1-29-17-8-16(9-18(10-17)30-2)24-22(28)14(11-23)7-15-12-25(13-21(26)27)20-6-4-3-5-19(15)20/h3-10,12H,13H2,1-2H3,(H,24,28)(H,26,27). The summed E-state index contributed by atoms with van der Waals surface area (Å²) in [6.45, 7) is -0.230. The Balaban J connectivity index is 1.96. The molecule has 152 valence electrons. The van der Waals surface area contributed by atoms with Gasteiger partial charge in [-0.2, -0.15) is 5.26 Å². The Morgan fingerprint density at radius 3 is 2.43 bits per heavy atom. The van der Waals surface area contributed by atoms with Crippen molar-refractivity contribution in [1.29, 1.82) is 5.26 Å². The van der Waals surface area contributed by atoms with Gasteiger partial charge in [0.25, 0.3) is 5.91 Å². The number of ether oxygens (including phenoxy) is 2. The van der Waals surface area contributed by atoms with Crippen molar-refractivity contribution in [2.24, 2.45) is 0 Å². The van der Waals surface area contributed by atoms with Gasteiger partial charge in [-0.1, -0.05) is 18.2 Å². The highest BCUT2D eigenvalue weighted by molar-refractivity contribution is 6.11. The molecule has 0 aliphatic heterocycles.